The zero-order valence-electron chi connectivity index (χ0n) is 11.4. The Hall–Kier alpha value is -1.16. The second-order valence-corrected chi connectivity index (χ2v) is 6.27. The summed E-state index contributed by atoms with van der Waals surface area (Å²) in [6.07, 6.45) is 8.04. The highest BCUT2D eigenvalue weighted by molar-refractivity contribution is 5.50. The van der Waals surface area contributed by atoms with Crippen LogP contribution >= 0.6 is 0 Å². The second kappa shape index (κ2) is 4.75. The molecule has 3 heterocycles. The summed E-state index contributed by atoms with van der Waals surface area (Å²) < 4.78 is 0. The van der Waals surface area contributed by atoms with E-state index in [1.54, 1.807) is 6.33 Å². The van der Waals surface area contributed by atoms with E-state index in [4.69, 9.17) is 0 Å². The van der Waals surface area contributed by atoms with Gasteiger partial charge in [-0.1, -0.05) is 6.42 Å². The lowest BCUT2D eigenvalue weighted by Crippen LogP contribution is -2.27. The van der Waals surface area contributed by atoms with Gasteiger partial charge in [-0.25, -0.2) is 9.97 Å². The molecule has 2 atom stereocenters. The highest BCUT2D eigenvalue weighted by Crippen LogP contribution is 2.33. The average Bonchev–Trinajstić information content (AvgIpc) is 2.92. The molecule has 0 radical (unpaired) electrons. The minimum absolute atomic E-state index is 0.830. The topological polar surface area (TPSA) is 41.1 Å². The molecule has 3 aliphatic rings. The molecule has 0 bridgehead atoms. The van der Waals surface area contributed by atoms with Crippen molar-refractivity contribution in [1.82, 2.24) is 15.3 Å². The van der Waals surface area contributed by atoms with Crippen molar-refractivity contribution >= 4 is 5.82 Å². The normalized spacial score (nSPS) is 30.0. The van der Waals surface area contributed by atoms with Gasteiger partial charge in [-0.05, 0) is 37.5 Å². The molecule has 0 amide bonds. The Morgan fingerprint density at radius 1 is 1.00 bits per heavy atom. The molecule has 4 rings (SSSR count). The molecule has 0 saturated carbocycles. The van der Waals surface area contributed by atoms with Crippen molar-refractivity contribution < 1.29 is 0 Å². The van der Waals surface area contributed by atoms with Crippen LogP contribution < -0.4 is 10.2 Å². The first-order chi connectivity index (χ1) is 9.42. The molecule has 19 heavy (non-hydrogen) atoms. The summed E-state index contributed by atoms with van der Waals surface area (Å²) >= 11 is 0. The Morgan fingerprint density at radius 3 is 2.63 bits per heavy atom. The quantitative estimate of drug-likeness (QED) is 0.773. The van der Waals surface area contributed by atoms with Crippen LogP contribution in [0.2, 0.25) is 0 Å². The van der Waals surface area contributed by atoms with Gasteiger partial charge in [0.1, 0.15) is 12.1 Å². The molecule has 102 valence electrons. The summed E-state index contributed by atoms with van der Waals surface area (Å²) in [7, 11) is 0. The number of rotatable bonds is 1. The van der Waals surface area contributed by atoms with Crippen LogP contribution in [0.4, 0.5) is 5.82 Å². The standard InChI is InChI=1S/C15H22N4/c1-2-4-13-14(5-3-1)17-10-18-15(13)19-8-11-6-16-7-12(11)9-19/h10-12,16H,1-9H2. The van der Waals surface area contributed by atoms with Gasteiger partial charge < -0.3 is 10.2 Å². The number of nitrogens with zero attached hydrogens (tertiary/aromatic N) is 3. The van der Waals surface area contributed by atoms with E-state index in [9.17, 15) is 0 Å². The first-order valence-electron chi connectivity index (χ1n) is 7.70. The maximum atomic E-state index is 4.64. The van der Waals surface area contributed by atoms with Gasteiger partial charge >= 0.3 is 0 Å². The van der Waals surface area contributed by atoms with E-state index >= 15 is 0 Å². The van der Waals surface area contributed by atoms with E-state index in [1.165, 1.54) is 68.9 Å². The van der Waals surface area contributed by atoms with Crippen molar-refractivity contribution in [3.63, 3.8) is 0 Å². The van der Waals surface area contributed by atoms with E-state index in [2.05, 4.69) is 20.2 Å². The predicted molar refractivity (Wildman–Crippen MR) is 75.4 cm³/mol. The van der Waals surface area contributed by atoms with E-state index in [0.717, 1.165) is 18.3 Å². The van der Waals surface area contributed by atoms with Crippen LogP contribution in [0.5, 0.6) is 0 Å². The number of anilines is 1. The number of aromatic nitrogens is 2. The number of fused-ring (bicyclic) bond motifs is 2. The van der Waals surface area contributed by atoms with Crippen LogP contribution in [-0.2, 0) is 12.8 Å². The number of hydrogen-bond donors (Lipinski definition) is 1. The van der Waals surface area contributed by atoms with Crippen LogP contribution in [-0.4, -0.2) is 36.1 Å². The first-order valence-corrected chi connectivity index (χ1v) is 7.70. The second-order valence-electron chi connectivity index (χ2n) is 6.27. The molecular weight excluding hydrogens is 236 g/mol. The highest BCUT2D eigenvalue weighted by atomic mass is 15.2. The minimum Gasteiger partial charge on any atom is -0.356 e. The van der Waals surface area contributed by atoms with Crippen molar-refractivity contribution in [2.75, 3.05) is 31.1 Å². The Balaban J connectivity index is 1.64. The molecule has 1 aliphatic carbocycles. The van der Waals surface area contributed by atoms with Gasteiger partial charge in [0.2, 0.25) is 0 Å². The van der Waals surface area contributed by atoms with Crippen LogP contribution in [0.3, 0.4) is 0 Å². The zero-order valence-corrected chi connectivity index (χ0v) is 11.4. The van der Waals surface area contributed by atoms with Gasteiger partial charge in [0.25, 0.3) is 0 Å². The molecule has 2 saturated heterocycles. The third-order valence-electron chi connectivity index (χ3n) is 5.04. The van der Waals surface area contributed by atoms with Crippen molar-refractivity contribution in [2.24, 2.45) is 11.8 Å². The molecule has 1 N–H and O–H groups in total. The molecule has 2 unspecified atom stereocenters. The lowest BCUT2D eigenvalue weighted by molar-refractivity contribution is 0.533. The summed E-state index contributed by atoms with van der Waals surface area (Å²) in [5, 5.41) is 3.51. The van der Waals surface area contributed by atoms with Gasteiger partial charge in [-0.3, -0.25) is 0 Å². The maximum Gasteiger partial charge on any atom is 0.135 e. The van der Waals surface area contributed by atoms with Crippen molar-refractivity contribution in [3.8, 4) is 0 Å². The highest BCUT2D eigenvalue weighted by Gasteiger charge is 2.37. The van der Waals surface area contributed by atoms with E-state index in [1.807, 2.05) is 0 Å². The van der Waals surface area contributed by atoms with Gasteiger partial charge in [-0.15, -0.1) is 0 Å². The van der Waals surface area contributed by atoms with Gasteiger partial charge in [0, 0.05) is 37.4 Å². The summed E-state index contributed by atoms with van der Waals surface area (Å²) in [5.74, 6) is 2.91. The summed E-state index contributed by atoms with van der Waals surface area (Å²) in [6.45, 7) is 4.74. The van der Waals surface area contributed by atoms with Gasteiger partial charge in [-0.2, -0.15) is 0 Å². The van der Waals surface area contributed by atoms with Crippen LogP contribution in [0.15, 0.2) is 6.33 Å². The van der Waals surface area contributed by atoms with Crippen molar-refractivity contribution in [3.05, 3.63) is 17.6 Å². The largest absolute Gasteiger partial charge is 0.356 e. The number of aryl methyl sites for hydroxylation is 1. The Labute approximate surface area is 114 Å². The summed E-state index contributed by atoms with van der Waals surface area (Å²) in [6, 6.07) is 0. The smallest absolute Gasteiger partial charge is 0.135 e. The fraction of sp³-hybridized carbons (Fsp3) is 0.733. The fourth-order valence-corrected chi connectivity index (χ4v) is 3.98. The SMILES string of the molecule is c1nc2c(c(N3CC4CNCC4C3)n1)CCCCC2. The van der Waals surface area contributed by atoms with Crippen molar-refractivity contribution in [1.29, 1.82) is 0 Å². The van der Waals surface area contributed by atoms with Crippen molar-refractivity contribution in [2.45, 2.75) is 32.1 Å². The monoisotopic (exact) mass is 258 g/mol. The van der Waals surface area contributed by atoms with E-state index in [0.29, 0.717) is 0 Å². The van der Waals surface area contributed by atoms with Gasteiger partial charge in [0.15, 0.2) is 0 Å². The third-order valence-corrected chi connectivity index (χ3v) is 5.04. The number of nitrogens with one attached hydrogen (secondary N) is 1. The molecule has 0 aromatic carbocycles. The molecule has 0 spiro atoms. The summed E-state index contributed by atoms with van der Waals surface area (Å²) in [4.78, 5) is 11.7. The van der Waals surface area contributed by atoms with Crippen LogP contribution in [0, 0.1) is 11.8 Å². The zero-order chi connectivity index (χ0) is 12.7. The first kappa shape index (κ1) is 11.6. The predicted octanol–water partition coefficient (Wildman–Crippen LogP) is 1.40. The molecule has 1 aromatic rings. The molecule has 2 aliphatic heterocycles. The molecule has 4 nitrogen and oxygen atoms in total. The summed E-state index contributed by atoms with van der Waals surface area (Å²) in [5.41, 5.74) is 2.77. The minimum atomic E-state index is 0.830. The molecule has 4 heteroatoms. The van der Waals surface area contributed by atoms with Crippen LogP contribution in [0.25, 0.3) is 0 Å². The maximum absolute atomic E-state index is 4.64. The number of hydrogen-bond acceptors (Lipinski definition) is 4. The Kier molecular flexibility index (Phi) is 2.91. The lowest BCUT2D eigenvalue weighted by atomic mass is 10.0. The van der Waals surface area contributed by atoms with Gasteiger partial charge in [0.05, 0.1) is 0 Å². The average molecular weight is 258 g/mol. The molecule has 1 aromatic heterocycles. The molecule has 2 fully saturated rings. The third kappa shape index (κ3) is 2.02. The Morgan fingerprint density at radius 2 is 1.79 bits per heavy atom. The Bertz CT molecular complexity index is 461. The molecular formula is C15H22N4. The lowest BCUT2D eigenvalue weighted by Gasteiger charge is -2.22. The van der Waals surface area contributed by atoms with E-state index < -0.39 is 0 Å². The van der Waals surface area contributed by atoms with E-state index in [-0.39, 0.29) is 0 Å². The van der Waals surface area contributed by atoms with Crippen LogP contribution in [0.1, 0.15) is 30.5 Å². The fourth-order valence-electron chi connectivity index (χ4n) is 3.98.